The lowest BCUT2D eigenvalue weighted by Crippen LogP contribution is -2.33. The van der Waals surface area contributed by atoms with Gasteiger partial charge in [-0.1, -0.05) is 6.92 Å². The molecule has 1 aliphatic heterocycles. The third-order valence-electron chi connectivity index (χ3n) is 3.08. The molecule has 0 radical (unpaired) electrons. The third kappa shape index (κ3) is 4.03. The highest BCUT2D eigenvalue weighted by atomic mass is 32.2. The number of hydrogen-bond acceptors (Lipinski definition) is 5. The number of sulfone groups is 2. The Hall–Kier alpha value is -0.140. The summed E-state index contributed by atoms with van der Waals surface area (Å²) < 4.78 is 45.0. The van der Waals surface area contributed by atoms with Gasteiger partial charge in [-0.2, -0.15) is 0 Å². The van der Waals surface area contributed by atoms with Crippen molar-refractivity contribution >= 4 is 19.7 Å². The molecule has 0 aliphatic carbocycles. The summed E-state index contributed by atoms with van der Waals surface area (Å²) in [5.41, 5.74) is 5.83. The molecule has 2 atom stereocenters. The van der Waals surface area contributed by atoms with Crippen molar-refractivity contribution in [3.05, 3.63) is 0 Å². The predicted octanol–water partition coefficient (Wildman–Crippen LogP) is -0.427. The molecule has 2 N–H and O–H groups in total. The summed E-state index contributed by atoms with van der Waals surface area (Å²) in [4.78, 5) is 0. The molecule has 2 unspecified atom stereocenters. The Kier molecular flexibility index (Phi) is 4.36. The normalized spacial score (nSPS) is 26.8. The maximum Gasteiger partial charge on any atom is 0.150 e. The average Bonchev–Trinajstić information content (AvgIpc) is 2.55. The molecule has 0 saturated carbocycles. The smallest absolute Gasteiger partial charge is 0.150 e. The van der Waals surface area contributed by atoms with Crippen molar-refractivity contribution in [2.45, 2.75) is 25.8 Å². The molecule has 1 aliphatic rings. The van der Waals surface area contributed by atoms with E-state index in [1.54, 1.807) is 6.92 Å². The summed E-state index contributed by atoms with van der Waals surface area (Å²) in [6.07, 6.45) is 0.923. The molecule has 96 valence electrons. The van der Waals surface area contributed by atoms with Gasteiger partial charge in [0.05, 0.1) is 17.3 Å². The molecule has 7 heteroatoms. The van der Waals surface area contributed by atoms with Gasteiger partial charge in [-0.3, -0.25) is 0 Å². The van der Waals surface area contributed by atoms with E-state index in [0.717, 1.165) is 0 Å². The molecular weight excluding hydrogens is 250 g/mol. The van der Waals surface area contributed by atoms with Crippen molar-refractivity contribution in [2.24, 2.45) is 11.7 Å². The van der Waals surface area contributed by atoms with Gasteiger partial charge in [0.2, 0.25) is 0 Å². The first-order valence-corrected chi connectivity index (χ1v) is 9.06. The van der Waals surface area contributed by atoms with Crippen LogP contribution < -0.4 is 5.73 Å². The van der Waals surface area contributed by atoms with Gasteiger partial charge in [-0.25, -0.2) is 16.8 Å². The van der Waals surface area contributed by atoms with Crippen molar-refractivity contribution in [1.29, 1.82) is 0 Å². The lowest BCUT2D eigenvalue weighted by Gasteiger charge is -2.17. The van der Waals surface area contributed by atoms with E-state index in [9.17, 15) is 16.8 Å². The summed E-state index contributed by atoms with van der Waals surface area (Å²) in [7, 11) is -5.93. The summed E-state index contributed by atoms with van der Waals surface area (Å²) in [5, 5.41) is 0. The fourth-order valence-electron chi connectivity index (χ4n) is 1.86. The van der Waals surface area contributed by atoms with E-state index in [1.165, 1.54) is 0 Å². The minimum absolute atomic E-state index is 0.0568. The van der Waals surface area contributed by atoms with E-state index in [4.69, 9.17) is 5.73 Å². The molecular formula is C9H19NO4S2. The summed E-state index contributed by atoms with van der Waals surface area (Å²) in [6, 6.07) is -0.321. The van der Waals surface area contributed by atoms with Gasteiger partial charge in [0, 0.05) is 11.8 Å². The summed E-state index contributed by atoms with van der Waals surface area (Å²) >= 11 is 0. The second-order valence-corrected chi connectivity index (χ2v) is 9.05. The minimum atomic E-state index is -3.00. The van der Waals surface area contributed by atoms with Crippen LogP contribution in [0.1, 0.15) is 19.8 Å². The van der Waals surface area contributed by atoms with Crippen LogP contribution in [0.2, 0.25) is 0 Å². The molecule has 0 aromatic rings. The van der Waals surface area contributed by atoms with Crippen LogP contribution in [0.5, 0.6) is 0 Å². The van der Waals surface area contributed by atoms with Gasteiger partial charge < -0.3 is 5.73 Å². The van der Waals surface area contributed by atoms with Crippen LogP contribution in [-0.4, -0.2) is 45.9 Å². The van der Waals surface area contributed by atoms with E-state index in [0.29, 0.717) is 12.8 Å². The summed E-state index contributed by atoms with van der Waals surface area (Å²) in [6.45, 7) is 1.60. The fourth-order valence-corrected chi connectivity index (χ4v) is 4.67. The standard InChI is InChI=1S/C9H19NO4S2/c1-2-15(11,12)6-4-9(10)8-3-5-16(13,14)7-8/h8-9H,2-7,10H2,1H3. The number of nitrogens with two attached hydrogens (primary N) is 1. The Balaban J connectivity index is 2.46. The Bertz CT molecular complexity index is 426. The fraction of sp³-hybridized carbons (Fsp3) is 1.00. The molecule has 0 aromatic heterocycles. The van der Waals surface area contributed by atoms with Crippen LogP contribution in [0.15, 0.2) is 0 Å². The zero-order chi connectivity index (χ0) is 12.4. The highest BCUT2D eigenvalue weighted by Crippen LogP contribution is 2.22. The van der Waals surface area contributed by atoms with Gasteiger partial charge in [0.1, 0.15) is 9.84 Å². The van der Waals surface area contributed by atoms with Gasteiger partial charge in [0.25, 0.3) is 0 Å². The monoisotopic (exact) mass is 269 g/mol. The van der Waals surface area contributed by atoms with Gasteiger partial charge in [-0.15, -0.1) is 0 Å². The highest BCUT2D eigenvalue weighted by molar-refractivity contribution is 7.91. The van der Waals surface area contributed by atoms with E-state index in [-0.39, 0.29) is 35.0 Å². The lowest BCUT2D eigenvalue weighted by atomic mass is 9.98. The second-order valence-electron chi connectivity index (χ2n) is 4.35. The molecule has 0 bridgehead atoms. The summed E-state index contributed by atoms with van der Waals surface area (Å²) in [5.74, 6) is 0.396. The second kappa shape index (κ2) is 5.01. The molecule has 1 fully saturated rings. The number of hydrogen-bond donors (Lipinski definition) is 1. The molecule has 1 rings (SSSR count). The molecule has 1 saturated heterocycles. The molecule has 16 heavy (non-hydrogen) atoms. The maximum atomic E-state index is 11.3. The SMILES string of the molecule is CCS(=O)(=O)CCC(N)C1CCS(=O)(=O)C1. The molecule has 1 heterocycles. The zero-order valence-corrected chi connectivity index (χ0v) is 11.1. The lowest BCUT2D eigenvalue weighted by molar-refractivity contribution is 0.451. The van der Waals surface area contributed by atoms with E-state index < -0.39 is 19.7 Å². The maximum absolute atomic E-state index is 11.3. The van der Waals surface area contributed by atoms with Crippen molar-refractivity contribution in [3.8, 4) is 0 Å². The van der Waals surface area contributed by atoms with Gasteiger partial charge >= 0.3 is 0 Å². The Labute approximate surface area is 97.2 Å². The minimum Gasteiger partial charge on any atom is -0.327 e. The molecule has 0 spiro atoms. The van der Waals surface area contributed by atoms with E-state index in [1.807, 2.05) is 0 Å². The topological polar surface area (TPSA) is 94.3 Å². The van der Waals surface area contributed by atoms with Crippen LogP contribution in [0.25, 0.3) is 0 Å². The van der Waals surface area contributed by atoms with Crippen molar-refractivity contribution in [2.75, 3.05) is 23.0 Å². The first-order chi connectivity index (χ1) is 7.26. The third-order valence-corrected chi connectivity index (χ3v) is 6.61. The quantitative estimate of drug-likeness (QED) is 0.731. The predicted molar refractivity (Wildman–Crippen MR) is 63.7 cm³/mol. The number of rotatable bonds is 5. The van der Waals surface area contributed by atoms with Crippen LogP contribution in [0.3, 0.4) is 0 Å². The Morgan fingerprint density at radius 2 is 2.06 bits per heavy atom. The molecule has 0 amide bonds. The average molecular weight is 269 g/mol. The Morgan fingerprint density at radius 3 is 2.50 bits per heavy atom. The Morgan fingerprint density at radius 1 is 1.44 bits per heavy atom. The van der Waals surface area contributed by atoms with Gasteiger partial charge in [0.15, 0.2) is 9.84 Å². The molecule has 5 nitrogen and oxygen atoms in total. The molecule has 0 aromatic carbocycles. The largest absolute Gasteiger partial charge is 0.327 e. The van der Waals surface area contributed by atoms with E-state index >= 15 is 0 Å². The zero-order valence-electron chi connectivity index (χ0n) is 9.42. The van der Waals surface area contributed by atoms with Crippen LogP contribution in [0, 0.1) is 5.92 Å². The van der Waals surface area contributed by atoms with Crippen LogP contribution in [-0.2, 0) is 19.7 Å². The highest BCUT2D eigenvalue weighted by Gasteiger charge is 2.32. The van der Waals surface area contributed by atoms with Crippen molar-refractivity contribution in [3.63, 3.8) is 0 Å². The van der Waals surface area contributed by atoms with Crippen molar-refractivity contribution in [1.82, 2.24) is 0 Å². The van der Waals surface area contributed by atoms with Gasteiger partial charge in [-0.05, 0) is 18.8 Å². The first-order valence-electron chi connectivity index (χ1n) is 5.42. The van der Waals surface area contributed by atoms with Crippen LogP contribution in [0.4, 0.5) is 0 Å². The van der Waals surface area contributed by atoms with Crippen LogP contribution >= 0.6 is 0 Å². The van der Waals surface area contributed by atoms with Crippen molar-refractivity contribution < 1.29 is 16.8 Å². The first kappa shape index (κ1) is 13.9. The van der Waals surface area contributed by atoms with E-state index in [2.05, 4.69) is 0 Å².